The lowest BCUT2D eigenvalue weighted by Crippen LogP contribution is -2.54. The molecule has 3 N–H and O–H groups in total. The van der Waals surface area contributed by atoms with E-state index in [-0.39, 0.29) is 5.82 Å². The van der Waals surface area contributed by atoms with Gasteiger partial charge in [-0.2, -0.15) is 0 Å². The minimum absolute atomic E-state index is 0.165. The van der Waals surface area contributed by atoms with E-state index in [1.807, 2.05) is 6.07 Å². The molecular weight excluding hydrogens is 355 g/mol. The van der Waals surface area contributed by atoms with E-state index < -0.39 is 11.9 Å². The van der Waals surface area contributed by atoms with E-state index in [4.69, 9.17) is 14.6 Å². The highest BCUT2D eigenvalue weighted by Gasteiger charge is 2.26. The number of carbonyl (C=O) groups is 2. The van der Waals surface area contributed by atoms with Crippen molar-refractivity contribution in [2.45, 2.75) is 32.9 Å². The number of nitrogens with one attached hydrogen (secondary N) is 1. The normalized spacial score (nSPS) is 19.8. The number of anilines is 1. The summed E-state index contributed by atoms with van der Waals surface area (Å²) in [5.41, 5.74) is 2.31. The number of benzene rings is 1. The van der Waals surface area contributed by atoms with Crippen LogP contribution >= 0.6 is 0 Å². The molecule has 1 aliphatic rings. The molecule has 0 aliphatic carbocycles. The first-order valence-electron chi connectivity index (χ1n) is 8.51. The number of halogens is 1. The summed E-state index contributed by atoms with van der Waals surface area (Å²) < 4.78 is 19.7. The van der Waals surface area contributed by atoms with Crippen LogP contribution in [0.2, 0.25) is 0 Å². The molecule has 2 atom stereocenters. The lowest BCUT2D eigenvalue weighted by molar-refractivity contribution is -0.134. The van der Waals surface area contributed by atoms with E-state index in [0.717, 1.165) is 29.7 Å². The summed E-state index contributed by atoms with van der Waals surface area (Å²) in [6.45, 7) is 7.84. The van der Waals surface area contributed by atoms with Crippen LogP contribution in [0.3, 0.4) is 0 Å². The van der Waals surface area contributed by atoms with Crippen LogP contribution in [0.1, 0.15) is 19.4 Å². The second-order valence-corrected chi connectivity index (χ2v) is 6.49. The van der Waals surface area contributed by atoms with Gasteiger partial charge in [0.05, 0.1) is 12.0 Å². The smallest absolute Gasteiger partial charge is 0.328 e. The van der Waals surface area contributed by atoms with E-state index in [1.165, 1.54) is 0 Å². The van der Waals surface area contributed by atoms with Crippen LogP contribution in [0.15, 0.2) is 35.0 Å². The Kier molecular flexibility index (Phi) is 6.57. The van der Waals surface area contributed by atoms with Crippen molar-refractivity contribution in [1.82, 2.24) is 5.32 Å². The minimum atomic E-state index is -1.26. The monoisotopic (exact) mass is 378 g/mol. The molecule has 0 amide bonds. The minimum Gasteiger partial charge on any atom is -0.478 e. The maximum Gasteiger partial charge on any atom is 0.328 e. The third kappa shape index (κ3) is 5.07. The lowest BCUT2D eigenvalue weighted by Gasteiger charge is -2.39. The third-order valence-corrected chi connectivity index (χ3v) is 4.37. The predicted octanol–water partition coefficient (Wildman–Crippen LogP) is 2.78. The molecule has 0 saturated carbocycles. The van der Waals surface area contributed by atoms with Gasteiger partial charge >= 0.3 is 11.9 Å². The first-order valence-corrected chi connectivity index (χ1v) is 8.51. The number of fused-ring (bicyclic) bond motifs is 1. The fraction of sp³-hybridized carbons (Fsp3) is 0.368. The SMILES string of the molecule is Cc1c(F)cc(N2C[C@H](C)NC[C@H]2C)c2occc12.O=C(O)C=CC(=O)O. The maximum atomic E-state index is 14.1. The number of carboxylic acid groups (broad SMARTS) is 2. The second-order valence-electron chi connectivity index (χ2n) is 6.49. The Labute approximate surface area is 156 Å². The highest BCUT2D eigenvalue weighted by atomic mass is 19.1. The highest BCUT2D eigenvalue weighted by molar-refractivity contribution is 5.92. The Bertz CT molecular complexity index is 845. The summed E-state index contributed by atoms with van der Waals surface area (Å²) in [6.07, 6.45) is 2.75. The number of aliphatic carboxylic acids is 2. The van der Waals surface area contributed by atoms with Crippen molar-refractivity contribution >= 4 is 28.6 Å². The molecular formula is C19H23FN2O5. The molecule has 3 rings (SSSR count). The van der Waals surface area contributed by atoms with E-state index in [9.17, 15) is 14.0 Å². The van der Waals surface area contributed by atoms with Crippen LogP contribution in [0, 0.1) is 12.7 Å². The zero-order valence-electron chi connectivity index (χ0n) is 15.4. The van der Waals surface area contributed by atoms with Gasteiger partial charge in [0.25, 0.3) is 0 Å². The molecule has 8 heteroatoms. The predicted molar refractivity (Wildman–Crippen MR) is 99.6 cm³/mol. The van der Waals surface area contributed by atoms with Crippen LogP contribution in [-0.2, 0) is 9.59 Å². The van der Waals surface area contributed by atoms with Crippen LogP contribution < -0.4 is 10.2 Å². The molecule has 146 valence electrons. The number of nitrogens with zero attached hydrogens (tertiary/aromatic N) is 1. The lowest BCUT2D eigenvalue weighted by atomic mass is 10.1. The maximum absolute atomic E-state index is 14.1. The number of furan rings is 1. The second kappa shape index (κ2) is 8.68. The number of carboxylic acids is 2. The topological polar surface area (TPSA) is 103 Å². The Morgan fingerprint density at radius 3 is 2.52 bits per heavy atom. The molecule has 1 saturated heterocycles. The number of hydrogen-bond acceptors (Lipinski definition) is 5. The summed E-state index contributed by atoms with van der Waals surface area (Å²) in [5.74, 6) is -2.68. The molecule has 0 unspecified atom stereocenters. The summed E-state index contributed by atoms with van der Waals surface area (Å²) in [5, 5.41) is 19.9. The molecule has 1 aromatic carbocycles. The van der Waals surface area contributed by atoms with Crippen LogP contribution in [0.4, 0.5) is 10.1 Å². The van der Waals surface area contributed by atoms with Gasteiger partial charge in [-0.1, -0.05) is 0 Å². The fourth-order valence-corrected chi connectivity index (χ4v) is 2.94. The average molecular weight is 378 g/mol. The Hall–Kier alpha value is -2.87. The number of hydrogen-bond donors (Lipinski definition) is 3. The van der Waals surface area contributed by atoms with Crippen molar-refractivity contribution in [1.29, 1.82) is 0 Å². The van der Waals surface area contributed by atoms with Crippen molar-refractivity contribution in [3.05, 3.63) is 41.9 Å². The summed E-state index contributed by atoms with van der Waals surface area (Å²) in [4.78, 5) is 21.3. The molecule has 0 bridgehead atoms. The highest BCUT2D eigenvalue weighted by Crippen LogP contribution is 2.33. The molecule has 7 nitrogen and oxygen atoms in total. The van der Waals surface area contributed by atoms with E-state index in [1.54, 1.807) is 19.3 Å². The zero-order chi connectivity index (χ0) is 20.1. The van der Waals surface area contributed by atoms with Gasteiger partial charge in [0.2, 0.25) is 0 Å². The standard InChI is InChI=1S/C15H19FN2O.C4H4O4/c1-9-8-18(10(2)7-17-9)14-6-13(16)11(3)12-4-5-19-15(12)14;5-3(6)1-2-4(7)8/h4-6,9-10,17H,7-8H2,1-3H3;1-2H,(H,5,6)(H,7,8)/t9-,10+;/m0./s1. The van der Waals surface area contributed by atoms with Gasteiger partial charge in [0.1, 0.15) is 5.82 Å². The van der Waals surface area contributed by atoms with Gasteiger partial charge in [0, 0.05) is 48.8 Å². The van der Waals surface area contributed by atoms with Gasteiger partial charge in [-0.25, -0.2) is 14.0 Å². The quantitative estimate of drug-likeness (QED) is 0.706. The van der Waals surface area contributed by atoms with E-state index >= 15 is 0 Å². The molecule has 0 radical (unpaired) electrons. The Balaban J connectivity index is 0.000000279. The van der Waals surface area contributed by atoms with Crippen molar-refractivity contribution in [2.24, 2.45) is 0 Å². The van der Waals surface area contributed by atoms with Gasteiger partial charge in [-0.15, -0.1) is 0 Å². The van der Waals surface area contributed by atoms with E-state index in [0.29, 0.717) is 29.8 Å². The molecule has 27 heavy (non-hydrogen) atoms. The van der Waals surface area contributed by atoms with Crippen molar-refractivity contribution in [3.8, 4) is 0 Å². The zero-order valence-corrected chi connectivity index (χ0v) is 15.4. The molecule has 1 fully saturated rings. The number of aryl methyl sites for hydroxylation is 1. The van der Waals surface area contributed by atoms with Gasteiger partial charge < -0.3 is 24.8 Å². The molecule has 1 aliphatic heterocycles. The van der Waals surface area contributed by atoms with E-state index in [2.05, 4.69) is 24.1 Å². The molecule has 0 spiro atoms. The Morgan fingerprint density at radius 1 is 1.30 bits per heavy atom. The van der Waals surface area contributed by atoms with Crippen LogP contribution in [0.5, 0.6) is 0 Å². The Morgan fingerprint density at radius 2 is 1.93 bits per heavy atom. The van der Waals surface area contributed by atoms with Crippen molar-refractivity contribution < 1.29 is 28.6 Å². The summed E-state index contributed by atoms with van der Waals surface area (Å²) in [6, 6.07) is 4.17. The molecule has 2 heterocycles. The van der Waals surface area contributed by atoms with Crippen molar-refractivity contribution in [3.63, 3.8) is 0 Å². The summed E-state index contributed by atoms with van der Waals surface area (Å²) >= 11 is 0. The molecule has 2 aromatic rings. The van der Waals surface area contributed by atoms with Crippen LogP contribution in [-0.4, -0.2) is 47.3 Å². The number of rotatable bonds is 3. The average Bonchev–Trinajstić information content (AvgIpc) is 3.09. The first-order chi connectivity index (χ1) is 12.7. The first kappa shape index (κ1) is 20.4. The third-order valence-electron chi connectivity index (χ3n) is 4.37. The molecule has 1 aromatic heterocycles. The largest absolute Gasteiger partial charge is 0.478 e. The van der Waals surface area contributed by atoms with Crippen LogP contribution in [0.25, 0.3) is 11.0 Å². The van der Waals surface area contributed by atoms with Gasteiger partial charge in [-0.3, -0.25) is 0 Å². The fourth-order valence-electron chi connectivity index (χ4n) is 2.94. The van der Waals surface area contributed by atoms with Gasteiger partial charge in [0.15, 0.2) is 5.58 Å². The van der Waals surface area contributed by atoms with Gasteiger partial charge in [-0.05, 0) is 32.4 Å². The van der Waals surface area contributed by atoms with Crippen molar-refractivity contribution in [2.75, 3.05) is 18.0 Å². The number of piperazine rings is 1. The summed E-state index contributed by atoms with van der Waals surface area (Å²) in [7, 11) is 0.